The molecule has 1 aliphatic rings. The Morgan fingerprint density at radius 2 is 2.33 bits per heavy atom. The van der Waals surface area contributed by atoms with Crippen LogP contribution in [0.5, 0.6) is 5.75 Å². The molecule has 1 aliphatic heterocycles. The Labute approximate surface area is 126 Å². The van der Waals surface area contributed by atoms with E-state index in [-0.39, 0.29) is 12.0 Å². The van der Waals surface area contributed by atoms with Crippen LogP contribution in [0.4, 0.5) is 5.13 Å². The summed E-state index contributed by atoms with van der Waals surface area (Å²) in [4.78, 5) is 17.0. The molecular formula is C15H16N2O3S. The number of rotatable bonds is 4. The van der Waals surface area contributed by atoms with Crippen molar-refractivity contribution in [2.24, 2.45) is 0 Å². The van der Waals surface area contributed by atoms with E-state index in [4.69, 9.17) is 9.47 Å². The summed E-state index contributed by atoms with van der Waals surface area (Å²) < 4.78 is 10.6. The minimum Gasteiger partial charge on any atom is -0.491 e. The minimum atomic E-state index is -0.373. The van der Waals surface area contributed by atoms with Gasteiger partial charge in [-0.25, -0.2) is 9.78 Å². The molecule has 1 aromatic heterocycles. The van der Waals surface area contributed by atoms with Crippen molar-refractivity contribution < 1.29 is 14.3 Å². The molecule has 0 bridgehead atoms. The van der Waals surface area contributed by atoms with Crippen LogP contribution in [0.15, 0.2) is 24.3 Å². The van der Waals surface area contributed by atoms with Crippen molar-refractivity contribution in [1.29, 1.82) is 0 Å². The lowest BCUT2D eigenvalue weighted by Crippen LogP contribution is -2.12. The second-order valence-corrected chi connectivity index (χ2v) is 5.89. The minimum absolute atomic E-state index is 0.0572. The van der Waals surface area contributed by atoms with Crippen LogP contribution in [0.1, 0.15) is 33.9 Å². The number of thiazole rings is 1. The van der Waals surface area contributed by atoms with Gasteiger partial charge in [-0.2, -0.15) is 0 Å². The lowest BCUT2D eigenvalue weighted by Gasteiger charge is -2.09. The summed E-state index contributed by atoms with van der Waals surface area (Å²) in [5.74, 6) is 0.524. The summed E-state index contributed by atoms with van der Waals surface area (Å²) >= 11 is 1.45. The Balaban J connectivity index is 1.78. The number of anilines is 1. The zero-order chi connectivity index (χ0) is 14.8. The van der Waals surface area contributed by atoms with Gasteiger partial charge in [0, 0.05) is 10.4 Å². The van der Waals surface area contributed by atoms with Crippen LogP contribution >= 0.6 is 11.3 Å². The molecule has 5 nitrogen and oxygen atoms in total. The summed E-state index contributed by atoms with van der Waals surface area (Å²) in [5.41, 5.74) is 1.50. The highest BCUT2D eigenvalue weighted by Gasteiger charge is 2.25. The predicted molar refractivity (Wildman–Crippen MR) is 81.1 cm³/mol. The number of hydrogen-bond acceptors (Lipinski definition) is 6. The highest BCUT2D eigenvalue weighted by Crippen LogP contribution is 2.35. The van der Waals surface area contributed by atoms with Crippen LogP contribution in [0.3, 0.4) is 0 Å². The van der Waals surface area contributed by atoms with E-state index in [0.717, 1.165) is 16.2 Å². The second-order valence-electron chi connectivity index (χ2n) is 4.69. The first-order valence-corrected chi connectivity index (χ1v) is 7.63. The van der Waals surface area contributed by atoms with Crippen molar-refractivity contribution in [3.8, 4) is 5.75 Å². The molecule has 1 N–H and O–H groups in total. The lowest BCUT2D eigenvalue weighted by molar-refractivity contribution is 0.0519. The van der Waals surface area contributed by atoms with Crippen molar-refractivity contribution in [3.63, 3.8) is 0 Å². The van der Waals surface area contributed by atoms with Crippen molar-refractivity contribution >= 4 is 22.4 Å². The second kappa shape index (κ2) is 5.73. The van der Waals surface area contributed by atoms with Crippen molar-refractivity contribution in [3.05, 3.63) is 40.4 Å². The van der Waals surface area contributed by atoms with Gasteiger partial charge in [-0.3, -0.25) is 0 Å². The number of fused-ring (bicyclic) bond motifs is 1. The van der Waals surface area contributed by atoms with E-state index in [1.807, 2.05) is 31.2 Å². The quantitative estimate of drug-likeness (QED) is 0.879. The summed E-state index contributed by atoms with van der Waals surface area (Å²) in [7, 11) is 0. The molecule has 110 valence electrons. The van der Waals surface area contributed by atoms with E-state index in [2.05, 4.69) is 10.3 Å². The number of esters is 1. The van der Waals surface area contributed by atoms with E-state index in [1.165, 1.54) is 11.3 Å². The molecule has 1 aromatic carbocycles. The highest BCUT2D eigenvalue weighted by atomic mass is 32.1. The Morgan fingerprint density at radius 1 is 1.52 bits per heavy atom. The molecule has 0 saturated heterocycles. The molecule has 6 heteroatoms. The fourth-order valence-electron chi connectivity index (χ4n) is 2.28. The van der Waals surface area contributed by atoms with Gasteiger partial charge in [0.2, 0.25) is 0 Å². The van der Waals surface area contributed by atoms with Gasteiger partial charge in [0.25, 0.3) is 0 Å². The third kappa shape index (κ3) is 2.71. The molecule has 0 spiro atoms. The maximum Gasteiger partial charge on any atom is 0.358 e. The molecule has 2 aromatic rings. The summed E-state index contributed by atoms with van der Waals surface area (Å²) in [6.07, 6.45) is 0. The van der Waals surface area contributed by atoms with E-state index in [9.17, 15) is 4.79 Å². The Hall–Kier alpha value is -2.08. The van der Waals surface area contributed by atoms with Gasteiger partial charge in [0.15, 0.2) is 10.8 Å². The number of carbonyl (C=O) groups is 1. The first-order chi connectivity index (χ1) is 10.2. The van der Waals surface area contributed by atoms with Gasteiger partial charge in [0.05, 0.1) is 12.6 Å². The molecule has 1 unspecified atom stereocenters. The average molecular weight is 304 g/mol. The maximum absolute atomic E-state index is 11.8. The lowest BCUT2D eigenvalue weighted by atomic mass is 10.1. The Bertz CT molecular complexity index is 669. The highest BCUT2D eigenvalue weighted by molar-refractivity contribution is 7.15. The van der Waals surface area contributed by atoms with Crippen LogP contribution in [-0.2, 0) is 4.74 Å². The monoisotopic (exact) mass is 304 g/mol. The van der Waals surface area contributed by atoms with E-state index < -0.39 is 0 Å². The molecule has 21 heavy (non-hydrogen) atoms. The number of nitrogens with zero attached hydrogens (tertiary/aromatic N) is 1. The largest absolute Gasteiger partial charge is 0.491 e. The van der Waals surface area contributed by atoms with Crippen molar-refractivity contribution in [2.45, 2.75) is 19.9 Å². The van der Waals surface area contributed by atoms with Crippen LogP contribution in [0.2, 0.25) is 0 Å². The number of benzene rings is 1. The van der Waals surface area contributed by atoms with Gasteiger partial charge in [-0.05, 0) is 19.9 Å². The number of aryl methyl sites for hydroxylation is 1. The van der Waals surface area contributed by atoms with Gasteiger partial charge >= 0.3 is 5.97 Å². The number of hydrogen-bond donors (Lipinski definition) is 1. The van der Waals surface area contributed by atoms with Gasteiger partial charge in [-0.15, -0.1) is 11.3 Å². The van der Waals surface area contributed by atoms with E-state index in [0.29, 0.717) is 24.0 Å². The molecule has 2 heterocycles. The zero-order valence-corrected chi connectivity index (χ0v) is 12.7. The first-order valence-electron chi connectivity index (χ1n) is 6.82. The number of para-hydroxylation sites is 1. The summed E-state index contributed by atoms with van der Waals surface area (Å²) in [6, 6.07) is 7.98. The number of ether oxygens (including phenoxy) is 2. The molecule has 3 rings (SSSR count). The topological polar surface area (TPSA) is 60.5 Å². The fraction of sp³-hybridized carbons (Fsp3) is 0.333. The Morgan fingerprint density at radius 3 is 3.14 bits per heavy atom. The predicted octanol–water partition coefficient (Wildman–Crippen LogP) is 3.17. The molecule has 0 saturated carbocycles. The van der Waals surface area contributed by atoms with E-state index >= 15 is 0 Å². The van der Waals surface area contributed by atoms with Crippen LogP contribution in [0, 0.1) is 6.92 Å². The molecule has 0 amide bonds. The van der Waals surface area contributed by atoms with Gasteiger partial charge in [0.1, 0.15) is 12.4 Å². The molecular weight excluding hydrogens is 288 g/mol. The van der Waals surface area contributed by atoms with Crippen LogP contribution in [-0.4, -0.2) is 24.2 Å². The molecule has 1 atom stereocenters. The van der Waals surface area contributed by atoms with Gasteiger partial charge < -0.3 is 14.8 Å². The smallest absolute Gasteiger partial charge is 0.358 e. The van der Waals surface area contributed by atoms with Crippen LogP contribution < -0.4 is 10.1 Å². The number of nitrogens with one attached hydrogen (secondary N) is 1. The van der Waals surface area contributed by atoms with Crippen molar-refractivity contribution in [2.75, 3.05) is 18.5 Å². The number of aromatic nitrogens is 1. The molecule has 0 radical (unpaired) electrons. The maximum atomic E-state index is 11.8. The van der Waals surface area contributed by atoms with Crippen molar-refractivity contribution in [1.82, 2.24) is 4.98 Å². The van der Waals surface area contributed by atoms with E-state index in [1.54, 1.807) is 6.92 Å². The standard InChI is InChI=1S/C15H16N2O3S/c1-3-19-14(18)13-9(2)21-15(17-13)16-11-8-20-12-7-5-4-6-10(11)12/h4-7,11H,3,8H2,1-2H3,(H,16,17). The third-order valence-corrected chi connectivity index (χ3v) is 4.17. The zero-order valence-electron chi connectivity index (χ0n) is 11.9. The molecule has 0 aliphatic carbocycles. The van der Waals surface area contributed by atoms with Gasteiger partial charge in [-0.1, -0.05) is 18.2 Å². The first kappa shape index (κ1) is 13.9. The normalized spacial score (nSPS) is 16.2. The summed E-state index contributed by atoms with van der Waals surface area (Å²) in [5, 5.41) is 4.04. The Kier molecular flexibility index (Phi) is 3.79. The fourth-order valence-corrected chi connectivity index (χ4v) is 3.13. The summed E-state index contributed by atoms with van der Waals surface area (Å²) in [6.45, 7) is 4.56. The average Bonchev–Trinajstić information content (AvgIpc) is 3.04. The third-order valence-electron chi connectivity index (χ3n) is 3.26. The van der Waals surface area contributed by atoms with Crippen LogP contribution in [0.25, 0.3) is 0 Å². The molecule has 0 fully saturated rings. The number of carbonyl (C=O) groups excluding carboxylic acids is 1. The SMILES string of the molecule is CCOC(=O)c1nc(NC2COc3ccccc32)sc1C.